The molecule has 1 aromatic carbocycles. The zero-order valence-corrected chi connectivity index (χ0v) is 16.6. The molecule has 0 spiro atoms. The first-order chi connectivity index (χ1) is 14.3. The highest BCUT2D eigenvalue weighted by atomic mass is 35.5. The van der Waals surface area contributed by atoms with Gasteiger partial charge >= 0.3 is 0 Å². The van der Waals surface area contributed by atoms with E-state index in [0.29, 0.717) is 6.54 Å². The van der Waals surface area contributed by atoms with Crippen LogP contribution in [-0.2, 0) is 13.0 Å². The second-order valence-electron chi connectivity index (χ2n) is 7.24. The number of fused-ring (bicyclic) bond motifs is 1. The summed E-state index contributed by atoms with van der Waals surface area (Å²) in [5, 5.41) is 8.97. The maximum absolute atomic E-state index is 6.03. The maximum Gasteiger partial charge on any atom is 0.153 e. The minimum absolute atomic E-state index is 0.264. The molecule has 146 valence electrons. The summed E-state index contributed by atoms with van der Waals surface area (Å²) < 4.78 is 7.99. The average molecular weight is 405 g/mol. The molecule has 0 bridgehead atoms. The molecule has 0 amide bonds. The zero-order chi connectivity index (χ0) is 19.6. The van der Waals surface area contributed by atoms with E-state index < -0.39 is 0 Å². The van der Waals surface area contributed by atoms with Gasteiger partial charge in [-0.15, -0.1) is 0 Å². The molecule has 5 nitrogen and oxygen atoms in total. The van der Waals surface area contributed by atoms with E-state index in [4.69, 9.17) is 16.0 Å². The lowest BCUT2D eigenvalue weighted by Crippen LogP contribution is -2.25. The highest BCUT2D eigenvalue weighted by Gasteiger charge is 2.25. The number of aromatic nitrogens is 3. The van der Waals surface area contributed by atoms with Gasteiger partial charge in [-0.25, -0.2) is 9.67 Å². The van der Waals surface area contributed by atoms with Gasteiger partial charge in [0.1, 0.15) is 11.5 Å². The van der Waals surface area contributed by atoms with Crippen molar-refractivity contribution < 1.29 is 4.42 Å². The topological polar surface area (TPSA) is 55.9 Å². The van der Waals surface area contributed by atoms with Crippen molar-refractivity contribution in [1.82, 2.24) is 20.1 Å². The zero-order valence-electron chi connectivity index (χ0n) is 15.9. The minimum Gasteiger partial charge on any atom is -0.460 e. The Bertz CT molecular complexity index is 1100. The molecule has 1 unspecified atom stereocenters. The molecule has 1 aliphatic rings. The summed E-state index contributed by atoms with van der Waals surface area (Å²) in [7, 11) is 0. The van der Waals surface area contributed by atoms with E-state index in [9.17, 15) is 0 Å². The first-order valence-corrected chi connectivity index (χ1v) is 10.2. The second kappa shape index (κ2) is 7.85. The monoisotopic (exact) mass is 404 g/mol. The summed E-state index contributed by atoms with van der Waals surface area (Å²) in [6.07, 6.45) is 7.01. The van der Waals surface area contributed by atoms with Crippen molar-refractivity contribution in [2.75, 3.05) is 0 Å². The van der Waals surface area contributed by atoms with Crippen LogP contribution in [-0.4, -0.2) is 14.8 Å². The van der Waals surface area contributed by atoms with Gasteiger partial charge < -0.3 is 9.73 Å². The Hall–Kier alpha value is -2.89. The number of nitrogens with zero attached hydrogens (tertiary/aromatic N) is 3. The Morgan fingerprint density at radius 3 is 2.83 bits per heavy atom. The largest absolute Gasteiger partial charge is 0.460 e. The SMILES string of the molecule is Clc1ccc(-c2ccc(CNC3CCCc4c3cnn4-c3ccccn3)o2)cc1. The van der Waals surface area contributed by atoms with Crippen molar-refractivity contribution in [2.24, 2.45) is 0 Å². The Morgan fingerprint density at radius 2 is 2.00 bits per heavy atom. The number of furan rings is 1. The molecular formula is C23H21ClN4O. The standard InChI is InChI=1S/C23H21ClN4O/c24-17-9-7-16(8-10-17)22-12-11-18(29-22)14-26-20-4-3-5-21-19(20)15-27-28(21)23-6-1-2-13-25-23/h1-2,6-13,15,20,26H,3-5,14H2. The van der Waals surface area contributed by atoms with Crippen molar-refractivity contribution in [2.45, 2.75) is 31.8 Å². The Kier molecular flexibility index (Phi) is 4.92. The molecule has 0 radical (unpaired) electrons. The van der Waals surface area contributed by atoms with Gasteiger partial charge in [-0.3, -0.25) is 0 Å². The first kappa shape index (κ1) is 18.2. The van der Waals surface area contributed by atoms with Crippen molar-refractivity contribution in [3.63, 3.8) is 0 Å². The molecule has 1 N–H and O–H groups in total. The van der Waals surface area contributed by atoms with Gasteiger partial charge in [-0.1, -0.05) is 17.7 Å². The van der Waals surface area contributed by atoms with Crippen LogP contribution < -0.4 is 5.32 Å². The van der Waals surface area contributed by atoms with Crippen LogP contribution in [0.5, 0.6) is 0 Å². The Morgan fingerprint density at radius 1 is 1.10 bits per heavy atom. The second-order valence-corrected chi connectivity index (χ2v) is 7.68. The number of halogens is 1. The molecule has 3 heterocycles. The average Bonchev–Trinajstić information content (AvgIpc) is 3.41. The number of nitrogens with one attached hydrogen (secondary N) is 1. The molecule has 0 aliphatic heterocycles. The predicted molar refractivity (Wildman–Crippen MR) is 113 cm³/mol. The Balaban J connectivity index is 1.31. The third kappa shape index (κ3) is 3.71. The predicted octanol–water partition coefficient (Wildman–Crippen LogP) is 5.35. The van der Waals surface area contributed by atoms with Gasteiger partial charge in [0.05, 0.1) is 18.4 Å². The van der Waals surface area contributed by atoms with Gasteiger partial charge in [-0.2, -0.15) is 5.10 Å². The van der Waals surface area contributed by atoms with Crippen LogP contribution in [0.4, 0.5) is 0 Å². The minimum atomic E-state index is 0.264. The number of benzene rings is 1. The van der Waals surface area contributed by atoms with E-state index in [1.807, 2.05) is 65.5 Å². The van der Waals surface area contributed by atoms with Crippen LogP contribution in [0.1, 0.15) is 35.9 Å². The van der Waals surface area contributed by atoms with E-state index >= 15 is 0 Å². The van der Waals surface area contributed by atoms with Gasteiger partial charge in [0.15, 0.2) is 5.82 Å². The highest BCUT2D eigenvalue weighted by Crippen LogP contribution is 2.31. The third-order valence-corrected chi connectivity index (χ3v) is 5.61. The van der Waals surface area contributed by atoms with Crippen molar-refractivity contribution >= 4 is 11.6 Å². The fourth-order valence-corrected chi connectivity index (χ4v) is 4.04. The normalized spacial score (nSPS) is 16.0. The molecule has 6 heteroatoms. The van der Waals surface area contributed by atoms with Crippen LogP contribution >= 0.6 is 11.6 Å². The van der Waals surface area contributed by atoms with Crippen LogP contribution in [0.2, 0.25) is 5.02 Å². The van der Waals surface area contributed by atoms with Crippen LogP contribution in [0.15, 0.2) is 71.4 Å². The molecule has 0 saturated heterocycles. The van der Waals surface area contributed by atoms with Crippen molar-refractivity contribution in [3.8, 4) is 17.1 Å². The van der Waals surface area contributed by atoms with Gasteiger partial charge in [0, 0.05) is 28.4 Å². The molecule has 1 aliphatic carbocycles. The van der Waals surface area contributed by atoms with E-state index in [1.54, 1.807) is 6.20 Å². The van der Waals surface area contributed by atoms with Crippen LogP contribution in [0.3, 0.4) is 0 Å². The molecule has 0 fully saturated rings. The molecule has 5 rings (SSSR count). The fourth-order valence-electron chi connectivity index (χ4n) is 3.91. The smallest absolute Gasteiger partial charge is 0.153 e. The van der Waals surface area contributed by atoms with E-state index in [0.717, 1.165) is 47.2 Å². The summed E-state index contributed by atoms with van der Waals surface area (Å²) in [6.45, 7) is 0.673. The third-order valence-electron chi connectivity index (χ3n) is 5.36. The Labute approximate surface area is 174 Å². The van der Waals surface area contributed by atoms with Gasteiger partial charge in [0.2, 0.25) is 0 Å². The summed E-state index contributed by atoms with van der Waals surface area (Å²) in [5.41, 5.74) is 3.53. The van der Waals surface area contributed by atoms with Crippen molar-refractivity contribution in [1.29, 1.82) is 0 Å². The van der Waals surface area contributed by atoms with Crippen molar-refractivity contribution in [3.05, 3.63) is 89.0 Å². The highest BCUT2D eigenvalue weighted by molar-refractivity contribution is 6.30. The van der Waals surface area contributed by atoms with Gasteiger partial charge in [-0.05, 0) is 67.8 Å². The first-order valence-electron chi connectivity index (χ1n) is 9.84. The molecule has 0 saturated carbocycles. The molecule has 3 aromatic heterocycles. The molecule has 4 aromatic rings. The molecule has 29 heavy (non-hydrogen) atoms. The van der Waals surface area contributed by atoms with E-state index in [2.05, 4.69) is 15.4 Å². The molecule has 1 atom stereocenters. The summed E-state index contributed by atoms with van der Waals surface area (Å²) in [5.74, 6) is 2.64. The number of pyridine rings is 1. The van der Waals surface area contributed by atoms with Gasteiger partial charge in [0.25, 0.3) is 0 Å². The number of hydrogen-bond acceptors (Lipinski definition) is 4. The quantitative estimate of drug-likeness (QED) is 0.487. The summed E-state index contributed by atoms with van der Waals surface area (Å²) in [6, 6.07) is 17.9. The van der Waals surface area contributed by atoms with E-state index in [-0.39, 0.29) is 6.04 Å². The van der Waals surface area contributed by atoms with E-state index in [1.165, 1.54) is 11.3 Å². The number of hydrogen-bond donors (Lipinski definition) is 1. The molecular weight excluding hydrogens is 384 g/mol. The van der Waals surface area contributed by atoms with Crippen LogP contribution in [0.25, 0.3) is 17.1 Å². The lowest BCUT2D eigenvalue weighted by Gasteiger charge is -2.23. The summed E-state index contributed by atoms with van der Waals surface area (Å²) in [4.78, 5) is 4.44. The lowest BCUT2D eigenvalue weighted by atomic mass is 9.93. The lowest BCUT2D eigenvalue weighted by molar-refractivity contribution is 0.418. The van der Waals surface area contributed by atoms with Crippen LogP contribution in [0, 0.1) is 0 Å². The maximum atomic E-state index is 6.03. The number of rotatable bonds is 5. The summed E-state index contributed by atoms with van der Waals surface area (Å²) >= 11 is 5.97. The fraction of sp³-hybridized carbons (Fsp3) is 0.217.